The van der Waals surface area contributed by atoms with Crippen molar-refractivity contribution in [3.8, 4) is 45.3 Å². The Morgan fingerprint density at radius 1 is 0.489 bits per heavy atom. The van der Waals surface area contributed by atoms with Crippen LogP contribution >= 0.6 is 0 Å². The molecule has 2 unspecified atom stereocenters. The van der Waals surface area contributed by atoms with Gasteiger partial charge in [0.2, 0.25) is 9.84 Å². The number of ether oxygens (including phenoxy) is 2. The van der Waals surface area contributed by atoms with Crippen LogP contribution in [0.4, 0.5) is 0 Å². The summed E-state index contributed by atoms with van der Waals surface area (Å²) in [4.78, 5) is 0.365. The molecule has 0 aliphatic carbocycles. The number of aliphatic hydroxyl groups is 1. The molecule has 0 saturated heterocycles. The number of phenols is 1. The Hall–Kier alpha value is -5.37. The summed E-state index contributed by atoms with van der Waals surface area (Å²) in [5.41, 5.74) is 5.75. The molecule has 236 valence electrons. The zero-order valence-corrected chi connectivity index (χ0v) is 26.8. The molecule has 0 fully saturated rings. The third-order valence-corrected chi connectivity index (χ3v) is 9.76. The molecule has 0 spiro atoms. The molecule has 0 bridgehead atoms. The predicted molar refractivity (Wildman–Crippen MR) is 184 cm³/mol. The van der Waals surface area contributed by atoms with Gasteiger partial charge in [0.1, 0.15) is 29.1 Å². The topological polar surface area (TPSA) is 93.1 Å². The SMILES string of the molecule is CC(O)c1ccc(-c2ccc(Oc3ccc(S(=O)(=O)c4ccc(C(C)Oc5ccc(-c6ccc(O)cc6)cc5)cc4)cc3)cc2)cc1. The minimum atomic E-state index is -3.74. The van der Waals surface area contributed by atoms with Crippen molar-refractivity contribution in [2.45, 2.75) is 35.8 Å². The van der Waals surface area contributed by atoms with Gasteiger partial charge in [-0.3, -0.25) is 0 Å². The molecule has 0 aliphatic heterocycles. The summed E-state index contributed by atoms with van der Waals surface area (Å²) in [6.07, 6.45) is -0.807. The number of rotatable bonds is 10. The molecule has 0 aliphatic rings. The third-order valence-electron chi connectivity index (χ3n) is 7.98. The van der Waals surface area contributed by atoms with Gasteiger partial charge < -0.3 is 19.7 Å². The van der Waals surface area contributed by atoms with Gasteiger partial charge in [0.05, 0.1) is 15.9 Å². The van der Waals surface area contributed by atoms with Gasteiger partial charge in [-0.2, -0.15) is 0 Å². The molecule has 47 heavy (non-hydrogen) atoms. The van der Waals surface area contributed by atoms with E-state index in [0.717, 1.165) is 33.4 Å². The van der Waals surface area contributed by atoms with Crippen LogP contribution in [-0.4, -0.2) is 18.6 Å². The first-order chi connectivity index (χ1) is 22.7. The van der Waals surface area contributed by atoms with E-state index >= 15 is 0 Å². The minimum absolute atomic E-state index is 0.173. The Bertz CT molecular complexity index is 2030. The van der Waals surface area contributed by atoms with E-state index < -0.39 is 15.9 Å². The summed E-state index contributed by atoms with van der Waals surface area (Å²) >= 11 is 0. The molecule has 6 nitrogen and oxygen atoms in total. The van der Waals surface area contributed by atoms with Gasteiger partial charge in [0.25, 0.3) is 0 Å². The van der Waals surface area contributed by atoms with Crippen molar-refractivity contribution >= 4 is 9.84 Å². The normalized spacial score (nSPS) is 12.7. The second kappa shape index (κ2) is 13.5. The average Bonchev–Trinajstić information content (AvgIpc) is 3.10. The smallest absolute Gasteiger partial charge is 0.206 e. The molecule has 6 aromatic rings. The van der Waals surface area contributed by atoms with E-state index in [-0.39, 0.29) is 21.6 Å². The lowest BCUT2D eigenvalue weighted by atomic mass is 10.0. The summed E-state index contributed by atoms with van der Waals surface area (Å²) < 4.78 is 38.8. The van der Waals surface area contributed by atoms with Gasteiger partial charge in [-0.05, 0) is 120 Å². The monoisotopic (exact) mass is 642 g/mol. The van der Waals surface area contributed by atoms with Crippen LogP contribution in [0.1, 0.15) is 37.2 Å². The molecule has 0 radical (unpaired) electrons. The van der Waals surface area contributed by atoms with Crippen LogP contribution in [0.25, 0.3) is 22.3 Å². The highest BCUT2D eigenvalue weighted by atomic mass is 32.2. The summed E-state index contributed by atoms with van der Waals surface area (Å²) in [6.45, 7) is 3.65. The van der Waals surface area contributed by atoms with E-state index in [1.54, 1.807) is 67.6 Å². The third kappa shape index (κ3) is 7.38. The Labute approximate surface area is 275 Å². The standard InChI is InChI=1S/C40H34O6S/c1-27(41)29-3-5-31(6-4-29)33-11-19-37(20-12-33)46-38-21-25-40(26-22-38)47(43,44)39-23-13-30(14-24-39)28(2)45-36-17-9-34(10-18-36)32-7-15-35(42)16-8-32/h3-28,41-42H,1-2H3. The number of benzene rings is 6. The van der Waals surface area contributed by atoms with Crippen molar-refractivity contribution in [2.24, 2.45) is 0 Å². The highest BCUT2D eigenvalue weighted by molar-refractivity contribution is 7.91. The number of aromatic hydroxyl groups is 1. The number of phenolic OH excluding ortho intramolecular Hbond substituents is 1. The summed E-state index contributed by atoms with van der Waals surface area (Å²) in [5, 5.41) is 19.2. The lowest BCUT2D eigenvalue weighted by molar-refractivity contribution is 0.199. The van der Waals surface area contributed by atoms with Crippen molar-refractivity contribution in [3.05, 3.63) is 157 Å². The van der Waals surface area contributed by atoms with Crippen LogP contribution in [0.5, 0.6) is 23.0 Å². The molecular formula is C40H34O6S. The molecule has 0 heterocycles. The Balaban J connectivity index is 1.07. The molecule has 7 heteroatoms. The summed E-state index contributed by atoms with van der Waals surface area (Å²) in [7, 11) is -3.74. The second-order valence-electron chi connectivity index (χ2n) is 11.3. The van der Waals surface area contributed by atoms with E-state index in [0.29, 0.717) is 17.2 Å². The van der Waals surface area contributed by atoms with Crippen molar-refractivity contribution in [2.75, 3.05) is 0 Å². The van der Waals surface area contributed by atoms with Crippen molar-refractivity contribution < 1.29 is 28.1 Å². The molecule has 0 aromatic heterocycles. The van der Waals surface area contributed by atoms with Gasteiger partial charge in [0.15, 0.2) is 0 Å². The summed E-state index contributed by atoms with van der Waals surface area (Å²) in [5.74, 6) is 2.07. The molecule has 2 atom stereocenters. The number of sulfone groups is 1. The fraction of sp³-hybridized carbons (Fsp3) is 0.100. The largest absolute Gasteiger partial charge is 0.508 e. The molecule has 6 aromatic carbocycles. The van der Waals surface area contributed by atoms with E-state index in [4.69, 9.17) is 9.47 Å². The zero-order valence-electron chi connectivity index (χ0n) is 25.9. The first-order valence-electron chi connectivity index (χ1n) is 15.2. The number of aliphatic hydroxyl groups excluding tert-OH is 1. The Kier molecular flexibility index (Phi) is 9.11. The quantitative estimate of drug-likeness (QED) is 0.155. The van der Waals surface area contributed by atoms with E-state index in [1.165, 1.54) is 0 Å². The van der Waals surface area contributed by atoms with Gasteiger partial charge in [-0.15, -0.1) is 0 Å². The highest BCUT2D eigenvalue weighted by Crippen LogP contribution is 2.31. The molecule has 0 amide bonds. The number of hydrogen-bond acceptors (Lipinski definition) is 6. The highest BCUT2D eigenvalue weighted by Gasteiger charge is 2.19. The fourth-order valence-electron chi connectivity index (χ4n) is 5.20. The maximum absolute atomic E-state index is 13.4. The van der Waals surface area contributed by atoms with E-state index in [2.05, 4.69) is 0 Å². The second-order valence-corrected chi connectivity index (χ2v) is 13.2. The minimum Gasteiger partial charge on any atom is -0.508 e. The Morgan fingerprint density at radius 3 is 1.32 bits per heavy atom. The maximum atomic E-state index is 13.4. The van der Waals surface area contributed by atoms with Gasteiger partial charge in [-0.1, -0.05) is 72.8 Å². The fourth-order valence-corrected chi connectivity index (χ4v) is 6.46. The number of hydrogen-bond donors (Lipinski definition) is 2. The van der Waals surface area contributed by atoms with Crippen LogP contribution in [0.2, 0.25) is 0 Å². The maximum Gasteiger partial charge on any atom is 0.206 e. The van der Waals surface area contributed by atoms with Crippen LogP contribution in [0.3, 0.4) is 0 Å². The van der Waals surface area contributed by atoms with Crippen LogP contribution in [0.15, 0.2) is 155 Å². The van der Waals surface area contributed by atoms with Crippen molar-refractivity contribution in [1.82, 2.24) is 0 Å². The summed E-state index contributed by atoms with van der Waals surface area (Å²) in [6, 6.07) is 43.2. The van der Waals surface area contributed by atoms with E-state index in [9.17, 15) is 18.6 Å². The molecule has 2 N–H and O–H groups in total. The van der Waals surface area contributed by atoms with Crippen LogP contribution < -0.4 is 9.47 Å². The van der Waals surface area contributed by atoms with Gasteiger partial charge in [0, 0.05) is 0 Å². The van der Waals surface area contributed by atoms with Crippen LogP contribution in [0, 0.1) is 0 Å². The lowest BCUT2D eigenvalue weighted by Crippen LogP contribution is -2.05. The Morgan fingerprint density at radius 2 is 0.851 bits per heavy atom. The van der Waals surface area contributed by atoms with Gasteiger partial charge in [-0.25, -0.2) is 8.42 Å². The first kappa shape index (κ1) is 31.6. The zero-order chi connectivity index (χ0) is 33.0. The first-order valence-corrected chi connectivity index (χ1v) is 16.7. The van der Waals surface area contributed by atoms with Gasteiger partial charge >= 0.3 is 0 Å². The molecule has 6 rings (SSSR count). The lowest BCUT2D eigenvalue weighted by Gasteiger charge is -2.16. The van der Waals surface area contributed by atoms with E-state index in [1.807, 2.05) is 91.9 Å². The van der Waals surface area contributed by atoms with Crippen molar-refractivity contribution in [3.63, 3.8) is 0 Å². The van der Waals surface area contributed by atoms with Crippen LogP contribution in [-0.2, 0) is 9.84 Å². The predicted octanol–water partition coefficient (Wildman–Crippen LogP) is 9.54. The van der Waals surface area contributed by atoms with Crippen molar-refractivity contribution in [1.29, 1.82) is 0 Å². The average molecular weight is 643 g/mol. The molecular weight excluding hydrogens is 609 g/mol. The molecule has 0 saturated carbocycles.